The lowest BCUT2D eigenvalue weighted by atomic mass is 9.73. The van der Waals surface area contributed by atoms with Crippen molar-refractivity contribution in [3.63, 3.8) is 0 Å². The number of rotatable bonds is 10. The van der Waals surface area contributed by atoms with Gasteiger partial charge in [0.1, 0.15) is 42.5 Å². The zero-order valence-electron chi connectivity index (χ0n) is 28.2. The van der Waals surface area contributed by atoms with Crippen molar-refractivity contribution >= 4 is 32.4 Å². The molecule has 2 aromatic carbocycles. The van der Waals surface area contributed by atoms with E-state index < -0.39 is 49.2 Å². The van der Waals surface area contributed by atoms with Crippen LogP contribution in [0.4, 0.5) is 10.5 Å². The number of benzene rings is 2. The van der Waals surface area contributed by atoms with Gasteiger partial charge in [-0.1, -0.05) is 51.1 Å². The molecule has 250 valence electrons. The maximum absolute atomic E-state index is 13.6. The predicted molar refractivity (Wildman–Crippen MR) is 173 cm³/mol. The first-order chi connectivity index (χ1) is 21.4. The van der Waals surface area contributed by atoms with Gasteiger partial charge in [-0.25, -0.2) is 9.59 Å². The fourth-order valence-electron chi connectivity index (χ4n) is 6.26. The molecule has 3 heterocycles. The number of piperazine rings is 1. The highest BCUT2D eigenvalue weighted by Crippen LogP contribution is 2.63. The molecule has 0 radical (unpaired) electrons. The molecule has 3 aliphatic heterocycles. The lowest BCUT2D eigenvalue weighted by Gasteiger charge is -2.42. The van der Waals surface area contributed by atoms with E-state index in [1.807, 2.05) is 30.3 Å². The minimum Gasteiger partial charge on any atom is -0.488 e. The van der Waals surface area contributed by atoms with E-state index in [1.165, 1.54) is 18.1 Å². The number of aldehydes is 1. The highest BCUT2D eigenvalue weighted by atomic mass is 28.4. The van der Waals surface area contributed by atoms with Crippen molar-refractivity contribution < 1.29 is 42.9 Å². The summed E-state index contributed by atoms with van der Waals surface area (Å²) in [7, 11) is -0.920. The molecule has 2 aromatic rings. The Kier molecular flexibility index (Phi) is 8.59. The van der Waals surface area contributed by atoms with E-state index in [2.05, 4.69) is 33.9 Å². The molecule has 11 nitrogen and oxygen atoms in total. The van der Waals surface area contributed by atoms with Crippen LogP contribution in [0.5, 0.6) is 5.75 Å². The molecule has 12 heteroatoms. The van der Waals surface area contributed by atoms with Crippen LogP contribution in [0.15, 0.2) is 42.5 Å². The van der Waals surface area contributed by atoms with Gasteiger partial charge in [-0.2, -0.15) is 0 Å². The molecule has 0 bridgehead atoms. The summed E-state index contributed by atoms with van der Waals surface area (Å²) in [5.41, 5.74) is -2.55. The average molecular weight is 655 g/mol. The van der Waals surface area contributed by atoms with Gasteiger partial charge >= 0.3 is 12.1 Å². The van der Waals surface area contributed by atoms with Gasteiger partial charge in [0.25, 0.3) is 0 Å². The second-order valence-electron chi connectivity index (χ2n) is 14.8. The number of carbonyl (C=O) groups excluding carboxylic acids is 3. The summed E-state index contributed by atoms with van der Waals surface area (Å²) in [6.07, 6.45) is 0.101. The maximum atomic E-state index is 13.6. The van der Waals surface area contributed by atoms with Crippen molar-refractivity contribution in [2.45, 2.75) is 95.1 Å². The van der Waals surface area contributed by atoms with Crippen molar-refractivity contribution in [1.82, 2.24) is 4.90 Å². The van der Waals surface area contributed by atoms with Crippen LogP contribution < -0.4 is 9.64 Å². The van der Waals surface area contributed by atoms with E-state index in [4.69, 9.17) is 23.4 Å². The standard InChI is InChI=1S/C34H46N2O9Si/c1-31(2,3)45-30(39)36-25-17-35-24-15-23(29(38)41-7)16-26(43-18-22-13-11-10-12-14-22)27(24)33(19-37,34(35,40)28(25)36)20-42-21-44-46(8,9)32(4,5)6/h10-16,19,25,28,40H,17-18,20-21H2,1-9H3/t25-,28-,33-,34?,36?/m0/s1. The van der Waals surface area contributed by atoms with Gasteiger partial charge in [0, 0.05) is 17.8 Å². The molecule has 1 amide bonds. The summed E-state index contributed by atoms with van der Waals surface area (Å²) in [6.45, 7) is 15.8. The van der Waals surface area contributed by atoms with Crippen LogP contribution in [0.25, 0.3) is 0 Å². The Labute approximate surface area is 271 Å². The van der Waals surface area contributed by atoms with Crippen molar-refractivity contribution in [3.05, 3.63) is 59.2 Å². The van der Waals surface area contributed by atoms with Crippen molar-refractivity contribution in [3.8, 4) is 5.75 Å². The third-order valence-electron chi connectivity index (χ3n) is 9.70. The summed E-state index contributed by atoms with van der Waals surface area (Å²) in [5, 5.41) is 12.8. The molecule has 2 fully saturated rings. The molecule has 46 heavy (non-hydrogen) atoms. The predicted octanol–water partition coefficient (Wildman–Crippen LogP) is 4.99. The summed E-state index contributed by atoms with van der Waals surface area (Å²) < 4.78 is 29.4. The molecule has 5 rings (SSSR count). The fourth-order valence-corrected chi connectivity index (χ4v) is 7.07. The van der Waals surface area contributed by atoms with Gasteiger partial charge in [-0.05, 0) is 56.6 Å². The normalized spacial score (nSPS) is 25.0. The van der Waals surface area contributed by atoms with E-state index in [0.29, 0.717) is 17.5 Å². The number of carbonyl (C=O) groups is 3. The van der Waals surface area contributed by atoms with E-state index in [9.17, 15) is 19.5 Å². The molecule has 3 aliphatic rings. The van der Waals surface area contributed by atoms with E-state index >= 15 is 0 Å². The number of hydrogen-bond donors (Lipinski definition) is 1. The highest BCUT2D eigenvalue weighted by molar-refractivity contribution is 6.74. The number of nitrogens with zero attached hydrogens (tertiary/aromatic N) is 2. The smallest absolute Gasteiger partial charge is 0.411 e. The van der Waals surface area contributed by atoms with Crippen LogP contribution in [0, 0.1) is 0 Å². The molecule has 1 N–H and O–H groups in total. The van der Waals surface area contributed by atoms with Gasteiger partial charge in [-0.3, -0.25) is 4.90 Å². The van der Waals surface area contributed by atoms with Crippen molar-refractivity contribution in [2.75, 3.05) is 32.0 Å². The van der Waals surface area contributed by atoms with Crippen molar-refractivity contribution in [1.29, 1.82) is 0 Å². The van der Waals surface area contributed by atoms with Crippen LogP contribution in [-0.2, 0) is 35.5 Å². The minimum atomic E-state index is -2.20. The summed E-state index contributed by atoms with van der Waals surface area (Å²) >= 11 is 0. The van der Waals surface area contributed by atoms with Crippen LogP contribution in [0.3, 0.4) is 0 Å². The first-order valence-electron chi connectivity index (χ1n) is 15.5. The van der Waals surface area contributed by atoms with Crippen LogP contribution >= 0.6 is 0 Å². The number of amides is 1. The lowest BCUT2D eigenvalue weighted by Crippen LogP contribution is -2.64. The number of fused-ring (bicyclic) bond motifs is 5. The van der Waals surface area contributed by atoms with Crippen LogP contribution in [0.2, 0.25) is 18.1 Å². The van der Waals surface area contributed by atoms with Gasteiger partial charge in [0.2, 0.25) is 0 Å². The first-order valence-corrected chi connectivity index (χ1v) is 18.5. The maximum Gasteiger partial charge on any atom is 0.411 e. The van der Waals surface area contributed by atoms with Gasteiger partial charge in [0.15, 0.2) is 14.0 Å². The van der Waals surface area contributed by atoms with E-state index in [-0.39, 0.29) is 42.9 Å². The Morgan fingerprint density at radius 2 is 1.76 bits per heavy atom. The first kappa shape index (κ1) is 33.9. The number of aliphatic hydroxyl groups is 1. The Morgan fingerprint density at radius 3 is 2.35 bits per heavy atom. The molecule has 4 atom stereocenters. The van der Waals surface area contributed by atoms with E-state index in [1.54, 1.807) is 31.7 Å². The van der Waals surface area contributed by atoms with Crippen molar-refractivity contribution in [2.24, 2.45) is 0 Å². The Balaban J connectivity index is 1.59. The lowest BCUT2D eigenvalue weighted by molar-refractivity contribution is -0.134. The average Bonchev–Trinajstić information content (AvgIpc) is 3.57. The fraction of sp³-hybridized carbons (Fsp3) is 0.559. The van der Waals surface area contributed by atoms with Crippen LogP contribution in [0.1, 0.15) is 63.0 Å². The highest BCUT2D eigenvalue weighted by Gasteiger charge is 2.80. The topological polar surface area (TPSA) is 124 Å². The number of methoxy groups -OCH3 is 1. The number of hydrogen-bond acceptors (Lipinski definition) is 10. The van der Waals surface area contributed by atoms with E-state index in [0.717, 1.165) is 5.56 Å². The summed E-state index contributed by atoms with van der Waals surface area (Å²) in [6, 6.07) is 11.4. The van der Waals surface area contributed by atoms with Gasteiger partial charge in [0.05, 0.1) is 25.3 Å². The zero-order valence-corrected chi connectivity index (χ0v) is 29.2. The molecule has 0 aliphatic carbocycles. The zero-order chi connectivity index (χ0) is 33.9. The third-order valence-corrected chi connectivity index (χ3v) is 14.2. The Bertz CT molecular complexity index is 1500. The largest absolute Gasteiger partial charge is 0.488 e. The SMILES string of the molecule is COC(=O)c1cc(OCc2ccccc2)c2c(c1)N1C[C@H]3[C@H](N3C(=O)OC(C)(C)C)C1(O)[C@@]2(C=O)COCO[Si](C)(C)C(C)(C)C. The molecule has 0 aromatic heterocycles. The Morgan fingerprint density at radius 1 is 1.09 bits per heavy atom. The molecule has 0 saturated carbocycles. The monoisotopic (exact) mass is 654 g/mol. The van der Waals surface area contributed by atoms with Gasteiger partial charge in [-0.15, -0.1) is 0 Å². The quantitative estimate of drug-likeness (QED) is 0.0936. The summed E-state index contributed by atoms with van der Waals surface area (Å²) in [5.74, 6) is -0.370. The minimum absolute atomic E-state index is 0.0724. The van der Waals surface area contributed by atoms with Gasteiger partial charge < -0.3 is 38.2 Å². The second-order valence-corrected chi connectivity index (χ2v) is 19.6. The Hall–Kier alpha value is -3.45. The van der Waals surface area contributed by atoms with Crippen LogP contribution in [-0.4, -0.2) is 87.1 Å². The number of ether oxygens (including phenoxy) is 4. The number of anilines is 1. The molecule has 1 unspecified atom stereocenters. The molecule has 2 saturated heterocycles. The molecular formula is C34H46N2O9Si. The second kappa shape index (κ2) is 11.7. The third kappa shape index (κ3) is 5.59. The molecular weight excluding hydrogens is 608 g/mol. The molecule has 0 spiro atoms. The summed E-state index contributed by atoms with van der Waals surface area (Å²) in [4.78, 5) is 42.8. The number of esters is 1.